The van der Waals surface area contributed by atoms with E-state index in [-0.39, 0.29) is 28.7 Å². The van der Waals surface area contributed by atoms with Gasteiger partial charge in [-0.1, -0.05) is 44.2 Å². The molecule has 2 saturated heterocycles. The first-order valence-corrected chi connectivity index (χ1v) is 10.1. The summed E-state index contributed by atoms with van der Waals surface area (Å²) in [6.07, 6.45) is 0.961. The number of benzene rings is 1. The second-order valence-corrected chi connectivity index (χ2v) is 9.90. The maximum Gasteiger partial charge on any atom is 0.225 e. The summed E-state index contributed by atoms with van der Waals surface area (Å²) < 4.78 is 23.1. The van der Waals surface area contributed by atoms with Crippen LogP contribution in [0, 0.1) is 11.3 Å². The lowest BCUT2D eigenvalue weighted by Gasteiger charge is -2.27. The van der Waals surface area contributed by atoms with Crippen molar-refractivity contribution in [3.05, 3.63) is 35.9 Å². The Bertz CT molecular complexity index is 667. The topological polar surface area (TPSA) is 54.5 Å². The van der Waals surface area contributed by atoms with Crippen molar-refractivity contribution in [3.8, 4) is 0 Å². The number of carbonyl (C=O) groups excluding carboxylic acids is 1. The van der Waals surface area contributed by atoms with E-state index in [9.17, 15) is 13.2 Å². The fraction of sp³-hybridized carbons (Fsp3) is 0.611. The number of hydrogen-bond acceptors (Lipinski definition) is 3. The van der Waals surface area contributed by atoms with Crippen LogP contribution >= 0.6 is 0 Å². The van der Waals surface area contributed by atoms with Crippen molar-refractivity contribution in [1.82, 2.24) is 4.90 Å². The molecule has 1 aromatic rings. The van der Waals surface area contributed by atoms with Gasteiger partial charge in [-0.3, -0.25) is 4.79 Å². The smallest absolute Gasteiger partial charge is 0.225 e. The molecule has 126 valence electrons. The summed E-state index contributed by atoms with van der Waals surface area (Å²) in [5.74, 6) is 0.668. The fourth-order valence-corrected chi connectivity index (χ4v) is 5.43. The predicted molar refractivity (Wildman–Crippen MR) is 90.9 cm³/mol. The normalized spacial score (nSPS) is 27.0. The molecule has 1 atom stereocenters. The molecule has 4 nitrogen and oxygen atoms in total. The molecule has 0 bridgehead atoms. The second kappa shape index (κ2) is 5.93. The van der Waals surface area contributed by atoms with Crippen LogP contribution in [-0.2, 0) is 14.6 Å². The lowest BCUT2D eigenvalue weighted by atomic mass is 9.78. The first-order valence-electron chi connectivity index (χ1n) is 8.33. The zero-order valence-electron chi connectivity index (χ0n) is 13.9. The van der Waals surface area contributed by atoms with Crippen LogP contribution < -0.4 is 0 Å². The Hall–Kier alpha value is -1.36. The number of likely N-dealkylation sites (tertiary alicyclic amines) is 1. The van der Waals surface area contributed by atoms with E-state index in [0.29, 0.717) is 18.8 Å². The van der Waals surface area contributed by atoms with Gasteiger partial charge in [-0.25, -0.2) is 8.42 Å². The summed E-state index contributed by atoms with van der Waals surface area (Å²) >= 11 is 0. The van der Waals surface area contributed by atoms with E-state index in [1.165, 1.54) is 5.56 Å². The van der Waals surface area contributed by atoms with Crippen molar-refractivity contribution in [3.63, 3.8) is 0 Å². The minimum absolute atomic E-state index is 0.0394. The molecule has 5 heteroatoms. The molecular weight excluding hydrogens is 310 g/mol. The number of hydrogen-bond donors (Lipinski definition) is 0. The van der Waals surface area contributed by atoms with E-state index in [1.54, 1.807) is 0 Å². The molecule has 2 aliphatic rings. The maximum absolute atomic E-state index is 12.8. The summed E-state index contributed by atoms with van der Waals surface area (Å²) in [7, 11) is -2.92. The van der Waals surface area contributed by atoms with Crippen molar-refractivity contribution in [2.75, 3.05) is 24.6 Å². The third-order valence-electron chi connectivity index (χ3n) is 5.36. The van der Waals surface area contributed by atoms with Crippen LogP contribution in [0.2, 0.25) is 0 Å². The first-order chi connectivity index (χ1) is 10.8. The van der Waals surface area contributed by atoms with E-state index < -0.39 is 9.84 Å². The van der Waals surface area contributed by atoms with Gasteiger partial charge in [0.1, 0.15) is 9.84 Å². The highest BCUT2D eigenvalue weighted by atomic mass is 32.2. The van der Waals surface area contributed by atoms with E-state index in [4.69, 9.17) is 0 Å². The van der Waals surface area contributed by atoms with Gasteiger partial charge < -0.3 is 4.90 Å². The van der Waals surface area contributed by atoms with Gasteiger partial charge in [0.05, 0.1) is 11.5 Å². The Morgan fingerprint density at radius 1 is 1.13 bits per heavy atom. The third kappa shape index (κ3) is 3.44. The Labute approximate surface area is 138 Å². The lowest BCUT2D eigenvalue weighted by Crippen LogP contribution is -2.39. The Morgan fingerprint density at radius 2 is 1.74 bits per heavy atom. The number of amides is 1. The van der Waals surface area contributed by atoms with E-state index in [1.807, 2.05) is 23.1 Å². The highest BCUT2D eigenvalue weighted by Gasteiger charge is 2.43. The summed E-state index contributed by atoms with van der Waals surface area (Å²) in [6.45, 7) is 5.90. The zero-order chi connectivity index (χ0) is 16.7. The van der Waals surface area contributed by atoms with Gasteiger partial charge in [0.25, 0.3) is 0 Å². The summed E-state index contributed by atoms with van der Waals surface area (Å²) in [4.78, 5) is 14.8. The van der Waals surface area contributed by atoms with Crippen molar-refractivity contribution in [1.29, 1.82) is 0 Å². The van der Waals surface area contributed by atoms with Crippen LogP contribution in [0.15, 0.2) is 30.3 Å². The largest absolute Gasteiger partial charge is 0.341 e. The molecule has 0 saturated carbocycles. The molecule has 1 aromatic carbocycles. The average Bonchev–Trinajstić information content (AvgIpc) is 2.83. The monoisotopic (exact) mass is 335 g/mol. The molecule has 0 radical (unpaired) electrons. The fourth-order valence-electron chi connectivity index (χ4n) is 3.94. The quantitative estimate of drug-likeness (QED) is 0.834. The molecule has 0 aromatic heterocycles. The van der Waals surface area contributed by atoms with E-state index >= 15 is 0 Å². The number of carbonyl (C=O) groups is 1. The van der Waals surface area contributed by atoms with Crippen LogP contribution in [-0.4, -0.2) is 43.8 Å². The summed E-state index contributed by atoms with van der Waals surface area (Å²) in [5.41, 5.74) is 1.32. The van der Waals surface area contributed by atoms with Crippen LogP contribution in [0.4, 0.5) is 0 Å². The molecular formula is C18H25NO3S. The van der Waals surface area contributed by atoms with Crippen molar-refractivity contribution >= 4 is 15.7 Å². The van der Waals surface area contributed by atoms with Gasteiger partial charge in [-0.05, 0) is 23.8 Å². The van der Waals surface area contributed by atoms with E-state index in [0.717, 1.165) is 13.1 Å². The van der Waals surface area contributed by atoms with Gasteiger partial charge in [0.15, 0.2) is 0 Å². The molecule has 1 amide bonds. The predicted octanol–water partition coefficient (Wildman–Crippen LogP) is 2.46. The molecule has 3 rings (SSSR count). The molecule has 0 unspecified atom stereocenters. The molecule has 0 N–H and O–H groups in total. The van der Waals surface area contributed by atoms with Gasteiger partial charge >= 0.3 is 0 Å². The van der Waals surface area contributed by atoms with Crippen LogP contribution in [0.1, 0.15) is 38.2 Å². The highest BCUT2D eigenvalue weighted by Crippen LogP contribution is 2.43. The maximum atomic E-state index is 12.8. The Morgan fingerprint density at radius 3 is 2.35 bits per heavy atom. The van der Waals surface area contributed by atoms with Gasteiger partial charge in [-0.2, -0.15) is 0 Å². The average molecular weight is 335 g/mol. The third-order valence-corrected chi connectivity index (χ3v) is 7.08. The number of nitrogens with zero attached hydrogens (tertiary/aromatic N) is 1. The van der Waals surface area contributed by atoms with Crippen molar-refractivity contribution < 1.29 is 13.2 Å². The van der Waals surface area contributed by atoms with Gasteiger partial charge in [0.2, 0.25) is 5.91 Å². The zero-order valence-corrected chi connectivity index (χ0v) is 14.7. The SMILES string of the molecule is CC1(C)CN(C(=O)C2CCS(=O)(=O)CC2)C[C@H]1c1ccccc1. The number of rotatable bonds is 2. The minimum atomic E-state index is -2.92. The molecule has 2 fully saturated rings. The van der Waals surface area contributed by atoms with Crippen LogP contribution in [0.3, 0.4) is 0 Å². The minimum Gasteiger partial charge on any atom is -0.341 e. The Balaban J connectivity index is 1.72. The van der Waals surface area contributed by atoms with E-state index in [2.05, 4.69) is 26.0 Å². The second-order valence-electron chi connectivity index (χ2n) is 7.60. The van der Waals surface area contributed by atoms with Gasteiger partial charge in [0, 0.05) is 24.9 Å². The van der Waals surface area contributed by atoms with Crippen LogP contribution in [0.25, 0.3) is 0 Å². The Kier molecular flexibility index (Phi) is 4.25. The van der Waals surface area contributed by atoms with Crippen molar-refractivity contribution in [2.45, 2.75) is 32.6 Å². The van der Waals surface area contributed by atoms with Gasteiger partial charge in [-0.15, -0.1) is 0 Å². The standard InChI is InChI=1S/C18H25NO3S/c1-18(2)13-19(12-16(18)14-6-4-3-5-7-14)17(20)15-8-10-23(21,22)11-9-15/h3-7,15-16H,8-13H2,1-2H3/t16-/m0/s1. The molecule has 23 heavy (non-hydrogen) atoms. The highest BCUT2D eigenvalue weighted by molar-refractivity contribution is 7.91. The van der Waals surface area contributed by atoms with Crippen molar-refractivity contribution in [2.24, 2.45) is 11.3 Å². The first kappa shape index (κ1) is 16.5. The molecule has 2 heterocycles. The van der Waals surface area contributed by atoms with Crippen LogP contribution in [0.5, 0.6) is 0 Å². The summed E-state index contributed by atoms with van der Waals surface area (Å²) in [6, 6.07) is 10.4. The molecule has 0 spiro atoms. The molecule has 2 aliphatic heterocycles. The lowest BCUT2D eigenvalue weighted by molar-refractivity contribution is -0.135. The summed E-state index contributed by atoms with van der Waals surface area (Å²) in [5, 5.41) is 0. The molecule has 0 aliphatic carbocycles. The number of sulfone groups is 1.